The van der Waals surface area contributed by atoms with Crippen molar-refractivity contribution in [2.45, 2.75) is 44.6 Å². The van der Waals surface area contributed by atoms with E-state index in [9.17, 15) is 0 Å². The Kier molecular flexibility index (Phi) is 4.03. The predicted molar refractivity (Wildman–Crippen MR) is 69.0 cm³/mol. The Balaban J connectivity index is 1.99. The van der Waals surface area contributed by atoms with Gasteiger partial charge < -0.3 is 5.73 Å². The highest BCUT2D eigenvalue weighted by molar-refractivity contribution is 9.10. The van der Waals surface area contributed by atoms with Crippen molar-refractivity contribution in [3.63, 3.8) is 0 Å². The molecule has 1 fully saturated rings. The molecule has 0 radical (unpaired) electrons. The molecule has 0 bridgehead atoms. The second kappa shape index (κ2) is 5.32. The maximum Gasteiger partial charge on any atom is 0.0690 e. The van der Waals surface area contributed by atoms with Gasteiger partial charge in [0.15, 0.2) is 0 Å². The molecule has 1 aliphatic rings. The summed E-state index contributed by atoms with van der Waals surface area (Å²) in [6, 6.07) is 0.116. The summed E-state index contributed by atoms with van der Waals surface area (Å²) in [4.78, 5) is 0. The van der Waals surface area contributed by atoms with Crippen LogP contribution in [-0.2, 0) is 7.05 Å². The molecule has 1 heterocycles. The topological polar surface area (TPSA) is 43.8 Å². The normalized spacial score (nSPS) is 19.9. The molecule has 2 rings (SSSR count). The van der Waals surface area contributed by atoms with Gasteiger partial charge in [0.2, 0.25) is 0 Å². The lowest BCUT2D eigenvalue weighted by Crippen LogP contribution is -2.20. The number of nitrogens with two attached hydrogens (primary N) is 1. The lowest BCUT2D eigenvalue weighted by Gasteiger charge is -2.24. The van der Waals surface area contributed by atoms with Crippen LogP contribution in [0.1, 0.15) is 50.3 Å². The number of nitrogens with zero attached hydrogens (tertiary/aromatic N) is 2. The summed E-state index contributed by atoms with van der Waals surface area (Å²) in [6.07, 6.45) is 9.79. The minimum absolute atomic E-state index is 0.116. The molecule has 0 amide bonds. The Labute approximate surface area is 106 Å². The summed E-state index contributed by atoms with van der Waals surface area (Å²) in [6.45, 7) is 0. The summed E-state index contributed by atoms with van der Waals surface area (Å²) in [7, 11) is 1.96. The van der Waals surface area contributed by atoms with Crippen LogP contribution in [0.4, 0.5) is 0 Å². The molecule has 4 heteroatoms. The predicted octanol–water partition coefficient (Wildman–Crippen LogP) is 3.15. The lowest BCUT2D eigenvalue weighted by molar-refractivity contribution is 0.315. The molecule has 0 spiro atoms. The largest absolute Gasteiger partial charge is 0.323 e. The van der Waals surface area contributed by atoms with Gasteiger partial charge in [-0.3, -0.25) is 4.68 Å². The van der Waals surface area contributed by atoms with Crippen LogP contribution < -0.4 is 5.73 Å². The Morgan fingerprint density at radius 2 is 2.19 bits per heavy atom. The van der Waals surface area contributed by atoms with Crippen LogP contribution >= 0.6 is 15.9 Å². The number of aromatic nitrogens is 2. The Hall–Kier alpha value is -0.350. The van der Waals surface area contributed by atoms with Gasteiger partial charge in [0.05, 0.1) is 16.4 Å². The van der Waals surface area contributed by atoms with Crippen LogP contribution in [0.2, 0.25) is 0 Å². The number of hydrogen-bond acceptors (Lipinski definition) is 2. The minimum atomic E-state index is 0.116. The van der Waals surface area contributed by atoms with Crippen LogP contribution in [-0.4, -0.2) is 9.78 Å². The second-order valence-electron chi connectivity index (χ2n) is 4.85. The van der Waals surface area contributed by atoms with E-state index in [1.54, 1.807) is 0 Å². The summed E-state index contributed by atoms with van der Waals surface area (Å²) >= 11 is 3.52. The van der Waals surface area contributed by atoms with Crippen LogP contribution in [0.5, 0.6) is 0 Å². The first-order valence-corrected chi connectivity index (χ1v) is 6.90. The molecule has 0 aliphatic heterocycles. The van der Waals surface area contributed by atoms with Crippen molar-refractivity contribution < 1.29 is 0 Å². The highest BCUT2D eigenvalue weighted by Crippen LogP contribution is 2.32. The SMILES string of the molecule is Cn1ncc(Br)c1C(N)CC1CCCCC1. The highest BCUT2D eigenvalue weighted by atomic mass is 79.9. The van der Waals surface area contributed by atoms with Crippen molar-refractivity contribution in [1.82, 2.24) is 9.78 Å². The van der Waals surface area contributed by atoms with Gasteiger partial charge in [-0.25, -0.2) is 0 Å². The third kappa shape index (κ3) is 2.66. The molecular weight excluding hydrogens is 266 g/mol. The monoisotopic (exact) mass is 285 g/mol. The second-order valence-corrected chi connectivity index (χ2v) is 5.70. The number of halogens is 1. The maximum absolute atomic E-state index is 6.28. The van der Waals surface area contributed by atoms with Crippen molar-refractivity contribution in [1.29, 1.82) is 0 Å². The first kappa shape index (κ1) is 12.1. The van der Waals surface area contributed by atoms with Crippen LogP contribution in [0.15, 0.2) is 10.7 Å². The van der Waals surface area contributed by atoms with E-state index in [4.69, 9.17) is 5.73 Å². The van der Waals surface area contributed by atoms with E-state index in [0.717, 1.165) is 22.5 Å². The van der Waals surface area contributed by atoms with E-state index in [1.807, 2.05) is 17.9 Å². The van der Waals surface area contributed by atoms with Crippen LogP contribution in [0, 0.1) is 5.92 Å². The highest BCUT2D eigenvalue weighted by Gasteiger charge is 2.21. The molecule has 90 valence electrons. The van der Waals surface area contributed by atoms with Crippen molar-refractivity contribution >= 4 is 15.9 Å². The average molecular weight is 286 g/mol. The molecule has 2 N–H and O–H groups in total. The van der Waals surface area contributed by atoms with E-state index < -0.39 is 0 Å². The van der Waals surface area contributed by atoms with Crippen LogP contribution in [0.25, 0.3) is 0 Å². The van der Waals surface area contributed by atoms with Crippen molar-refractivity contribution in [2.75, 3.05) is 0 Å². The van der Waals surface area contributed by atoms with Crippen molar-refractivity contribution in [2.24, 2.45) is 18.7 Å². The summed E-state index contributed by atoms with van der Waals surface area (Å²) in [5, 5.41) is 4.22. The average Bonchev–Trinajstić information content (AvgIpc) is 2.60. The fourth-order valence-electron chi connectivity index (χ4n) is 2.73. The van der Waals surface area contributed by atoms with Crippen molar-refractivity contribution in [3.8, 4) is 0 Å². The number of rotatable bonds is 3. The first-order valence-electron chi connectivity index (χ1n) is 6.11. The molecule has 1 aromatic rings. The van der Waals surface area contributed by atoms with E-state index in [2.05, 4.69) is 21.0 Å². The molecule has 1 aromatic heterocycles. The number of aryl methyl sites for hydroxylation is 1. The smallest absolute Gasteiger partial charge is 0.0690 e. The summed E-state index contributed by atoms with van der Waals surface area (Å²) in [5.74, 6) is 0.811. The first-order chi connectivity index (χ1) is 7.68. The molecule has 1 saturated carbocycles. The standard InChI is InChI=1S/C12H20BrN3/c1-16-12(10(13)8-15-16)11(14)7-9-5-3-2-4-6-9/h8-9,11H,2-7,14H2,1H3. The Morgan fingerprint density at radius 3 is 2.75 bits per heavy atom. The van der Waals surface area contributed by atoms with Gasteiger partial charge >= 0.3 is 0 Å². The third-order valence-electron chi connectivity index (χ3n) is 3.60. The minimum Gasteiger partial charge on any atom is -0.323 e. The fraction of sp³-hybridized carbons (Fsp3) is 0.750. The van der Waals surface area contributed by atoms with Gasteiger partial charge in [0, 0.05) is 13.1 Å². The molecule has 1 aliphatic carbocycles. The van der Waals surface area contributed by atoms with Gasteiger partial charge in [-0.2, -0.15) is 5.10 Å². The van der Waals surface area contributed by atoms with E-state index in [0.29, 0.717) is 0 Å². The van der Waals surface area contributed by atoms with Crippen LogP contribution in [0.3, 0.4) is 0 Å². The zero-order chi connectivity index (χ0) is 11.5. The summed E-state index contributed by atoms with van der Waals surface area (Å²) < 4.78 is 2.93. The number of hydrogen-bond donors (Lipinski definition) is 1. The zero-order valence-corrected chi connectivity index (χ0v) is 11.4. The zero-order valence-electron chi connectivity index (χ0n) is 9.82. The molecule has 0 aromatic carbocycles. The van der Waals surface area contributed by atoms with Gasteiger partial charge in [-0.15, -0.1) is 0 Å². The lowest BCUT2D eigenvalue weighted by atomic mass is 9.84. The van der Waals surface area contributed by atoms with E-state index in [-0.39, 0.29) is 6.04 Å². The van der Waals surface area contributed by atoms with E-state index >= 15 is 0 Å². The molecule has 0 saturated heterocycles. The van der Waals surface area contributed by atoms with Gasteiger partial charge in [-0.1, -0.05) is 32.1 Å². The Morgan fingerprint density at radius 1 is 1.50 bits per heavy atom. The maximum atomic E-state index is 6.28. The summed E-state index contributed by atoms with van der Waals surface area (Å²) in [5.41, 5.74) is 7.41. The molecular formula is C12H20BrN3. The molecule has 16 heavy (non-hydrogen) atoms. The fourth-order valence-corrected chi connectivity index (χ4v) is 3.37. The Bertz CT molecular complexity index is 323. The van der Waals surface area contributed by atoms with E-state index in [1.165, 1.54) is 32.1 Å². The van der Waals surface area contributed by atoms with Gasteiger partial charge in [0.25, 0.3) is 0 Å². The third-order valence-corrected chi connectivity index (χ3v) is 4.21. The quantitative estimate of drug-likeness (QED) is 0.927. The van der Waals surface area contributed by atoms with Gasteiger partial charge in [0.1, 0.15) is 0 Å². The van der Waals surface area contributed by atoms with Crippen molar-refractivity contribution in [3.05, 3.63) is 16.4 Å². The van der Waals surface area contributed by atoms with Gasteiger partial charge in [-0.05, 0) is 28.3 Å². The molecule has 1 atom stereocenters. The molecule has 1 unspecified atom stereocenters. The molecule has 3 nitrogen and oxygen atoms in total.